The van der Waals surface area contributed by atoms with E-state index in [0.717, 1.165) is 18.6 Å². The van der Waals surface area contributed by atoms with Crippen LogP contribution in [0.2, 0.25) is 0 Å². The highest BCUT2D eigenvalue weighted by molar-refractivity contribution is 5.75. The van der Waals surface area contributed by atoms with Crippen LogP contribution in [0.5, 0.6) is 0 Å². The second-order valence-electron chi connectivity index (χ2n) is 6.81. The molecule has 0 bridgehead atoms. The van der Waals surface area contributed by atoms with Gasteiger partial charge < -0.3 is 20.5 Å². The second-order valence-corrected chi connectivity index (χ2v) is 6.81. The average molecular weight is 304 g/mol. The Balaban J connectivity index is 1.60. The first kappa shape index (κ1) is 15.3. The molecule has 5 nitrogen and oxygen atoms in total. The third kappa shape index (κ3) is 2.59. The lowest BCUT2D eigenvalue weighted by Gasteiger charge is -2.54. The monoisotopic (exact) mass is 304 g/mol. The van der Waals surface area contributed by atoms with Gasteiger partial charge in [0.15, 0.2) is 0 Å². The second kappa shape index (κ2) is 5.89. The lowest BCUT2D eigenvalue weighted by Crippen LogP contribution is -2.67. The van der Waals surface area contributed by atoms with Crippen molar-refractivity contribution in [1.29, 1.82) is 0 Å². The molecule has 1 aliphatic heterocycles. The minimum Gasteiger partial charge on any atom is -0.394 e. The van der Waals surface area contributed by atoms with Gasteiger partial charge in [0, 0.05) is 24.0 Å². The van der Waals surface area contributed by atoms with E-state index in [9.17, 15) is 9.90 Å². The van der Waals surface area contributed by atoms with Crippen molar-refractivity contribution in [2.75, 3.05) is 13.2 Å². The van der Waals surface area contributed by atoms with Crippen LogP contribution >= 0.6 is 0 Å². The Labute approximate surface area is 131 Å². The van der Waals surface area contributed by atoms with Crippen LogP contribution in [0.1, 0.15) is 31.9 Å². The zero-order valence-electron chi connectivity index (χ0n) is 13.1. The maximum atomic E-state index is 12.3. The SMILES string of the molecule is CC1(C)C(NC(=O)N[C@H](CO)c2ccccc2)C2CCOC21. The maximum Gasteiger partial charge on any atom is 0.315 e. The molecule has 2 amide bonds. The molecule has 1 aromatic carbocycles. The van der Waals surface area contributed by atoms with E-state index >= 15 is 0 Å². The number of carbonyl (C=O) groups excluding carboxylic acids is 1. The maximum absolute atomic E-state index is 12.3. The van der Waals surface area contributed by atoms with Crippen molar-refractivity contribution in [3.63, 3.8) is 0 Å². The van der Waals surface area contributed by atoms with Gasteiger partial charge in [-0.15, -0.1) is 0 Å². The third-order valence-corrected chi connectivity index (χ3v) is 5.08. The number of hydrogen-bond acceptors (Lipinski definition) is 3. The molecule has 3 N–H and O–H groups in total. The molecule has 1 aliphatic carbocycles. The fraction of sp³-hybridized carbons (Fsp3) is 0.588. The molecular formula is C17H24N2O3. The van der Waals surface area contributed by atoms with Gasteiger partial charge in [-0.05, 0) is 12.0 Å². The highest BCUT2D eigenvalue weighted by atomic mass is 16.5. The first-order chi connectivity index (χ1) is 10.5. The number of nitrogens with one attached hydrogen (secondary N) is 2. The Kier molecular flexibility index (Phi) is 4.10. The number of aliphatic hydroxyl groups excluding tert-OH is 1. The van der Waals surface area contributed by atoms with E-state index in [-0.39, 0.29) is 36.2 Å². The number of aliphatic hydroxyl groups is 1. The van der Waals surface area contributed by atoms with Crippen molar-refractivity contribution in [3.05, 3.63) is 35.9 Å². The van der Waals surface area contributed by atoms with Gasteiger partial charge in [0.25, 0.3) is 0 Å². The summed E-state index contributed by atoms with van der Waals surface area (Å²) in [5.74, 6) is 0.407. The molecule has 120 valence electrons. The van der Waals surface area contributed by atoms with Crippen LogP contribution in [0.15, 0.2) is 30.3 Å². The van der Waals surface area contributed by atoms with Crippen LogP contribution in [-0.2, 0) is 4.74 Å². The molecule has 4 atom stereocenters. The number of hydrogen-bond donors (Lipinski definition) is 3. The predicted molar refractivity (Wildman–Crippen MR) is 83.4 cm³/mol. The van der Waals surface area contributed by atoms with E-state index in [1.807, 2.05) is 30.3 Å². The van der Waals surface area contributed by atoms with Gasteiger partial charge in [0.05, 0.1) is 18.8 Å². The Bertz CT molecular complexity index is 532. The third-order valence-electron chi connectivity index (χ3n) is 5.08. The molecule has 1 saturated heterocycles. The van der Waals surface area contributed by atoms with Gasteiger partial charge in [0.1, 0.15) is 0 Å². The van der Waals surface area contributed by atoms with Crippen molar-refractivity contribution in [1.82, 2.24) is 10.6 Å². The van der Waals surface area contributed by atoms with Gasteiger partial charge in [-0.3, -0.25) is 0 Å². The lowest BCUT2D eigenvalue weighted by atomic mass is 9.57. The van der Waals surface area contributed by atoms with Gasteiger partial charge in [-0.2, -0.15) is 0 Å². The van der Waals surface area contributed by atoms with E-state index in [1.165, 1.54) is 0 Å². The summed E-state index contributed by atoms with van der Waals surface area (Å²) >= 11 is 0. The number of rotatable bonds is 4. The fourth-order valence-electron chi connectivity index (χ4n) is 3.88. The lowest BCUT2D eigenvalue weighted by molar-refractivity contribution is -0.108. The fourth-order valence-corrected chi connectivity index (χ4v) is 3.88. The molecule has 0 aromatic heterocycles. The Morgan fingerprint density at radius 2 is 2.14 bits per heavy atom. The van der Waals surface area contributed by atoms with Crippen LogP contribution in [-0.4, -0.2) is 36.5 Å². The minimum atomic E-state index is -0.389. The zero-order valence-corrected chi connectivity index (χ0v) is 13.1. The van der Waals surface area contributed by atoms with Gasteiger partial charge in [0.2, 0.25) is 0 Å². The largest absolute Gasteiger partial charge is 0.394 e. The van der Waals surface area contributed by atoms with E-state index in [4.69, 9.17) is 4.74 Å². The summed E-state index contributed by atoms with van der Waals surface area (Å²) in [4.78, 5) is 12.3. The standard InChI is InChI=1S/C17H24N2O3/c1-17(2)14(12-8-9-22-15(12)17)19-16(21)18-13(10-20)11-6-4-3-5-7-11/h3-7,12-15,20H,8-10H2,1-2H3,(H2,18,19,21)/t12?,13-,14?,15?/m1/s1. The van der Waals surface area contributed by atoms with E-state index < -0.39 is 0 Å². The van der Waals surface area contributed by atoms with Crippen molar-refractivity contribution < 1.29 is 14.6 Å². The summed E-state index contributed by atoms with van der Waals surface area (Å²) in [6.45, 7) is 4.92. The number of carbonyl (C=O) groups is 1. The molecule has 2 aliphatic rings. The number of amides is 2. The van der Waals surface area contributed by atoms with Crippen molar-refractivity contribution >= 4 is 6.03 Å². The normalized spacial score (nSPS) is 30.0. The Morgan fingerprint density at radius 3 is 2.82 bits per heavy atom. The Hall–Kier alpha value is -1.59. The van der Waals surface area contributed by atoms with Crippen LogP contribution < -0.4 is 10.6 Å². The number of benzene rings is 1. The molecule has 22 heavy (non-hydrogen) atoms. The van der Waals surface area contributed by atoms with E-state index in [1.54, 1.807) is 0 Å². The Morgan fingerprint density at radius 1 is 1.41 bits per heavy atom. The van der Waals surface area contributed by atoms with Gasteiger partial charge in [-0.25, -0.2) is 4.79 Å². The molecule has 1 aromatic rings. The summed E-state index contributed by atoms with van der Waals surface area (Å²) < 4.78 is 5.74. The summed E-state index contributed by atoms with van der Waals surface area (Å²) in [7, 11) is 0. The number of ether oxygens (including phenoxy) is 1. The molecule has 0 spiro atoms. The van der Waals surface area contributed by atoms with Crippen molar-refractivity contribution in [3.8, 4) is 0 Å². The first-order valence-corrected chi connectivity index (χ1v) is 7.88. The topological polar surface area (TPSA) is 70.6 Å². The molecular weight excluding hydrogens is 280 g/mol. The van der Waals surface area contributed by atoms with E-state index in [2.05, 4.69) is 24.5 Å². The molecule has 3 rings (SSSR count). The summed E-state index contributed by atoms with van der Waals surface area (Å²) in [5.41, 5.74) is 0.857. The number of fused-ring (bicyclic) bond motifs is 1. The van der Waals surface area contributed by atoms with Crippen molar-refractivity contribution in [2.45, 2.75) is 38.5 Å². The van der Waals surface area contributed by atoms with Crippen molar-refractivity contribution in [2.24, 2.45) is 11.3 Å². The van der Waals surface area contributed by atoms with Crippen LogP contribution in [0.4, 0.5) is 4.79 Å². The summed E-state index contributed by atoms with van der Waals surface area (Å²) in [6, 6.07) is 9.00. The van der Waals surface area contributed by atoms with E-state index in [0.29, 0.717) is 5.92 Å². The van der Waals surface area contributed by atoms with Gasteiger partial charge in [-0.1, -0.05) is 44.2 Å². The molecule has 1 heterocycles. The molecule has 5 heteroatoms. The molecule has 2 fully saturated rings. The molecule has 0 radical (unpaired) electrons. The quantitative estimate of drug-likeness (QED) is 0.795. The predicted octanol–water partition coefficient (Wildman–Crippen LogP) is 1.83. The summed E-state index contributed by atoms with van der Waals surface area (Å²) in [5, 5.41) is 15.5. The first-order valence-electron chi connectivity index (χ1n) is 7.88. The highest BCUT2D eigenvalue weighted by Gasteiger charge is 2.59. The zero-order chi connectivity index (χ0) is 15.7. The number of urea groups is 1. The highest BCUT2D eigenvalue weighted by Crippen LogP contribution is 2.52. The van der Waals surface area contributed by atoms with Gasteiger partial charge >= 0.3 is 6.03 Å². The smallest absolute Gasteiger partial charge is 0.315 e. The van der Waals surface area contributed by atoms with Crippen LogP contribution in [0.3, 0.4) is 0 Å². The molecule has 1 saturated carbocycles. The average Bonchev–Trinajstić information content (AvgIpc) is 2.98. The summed E-state index contributed by atoms with van der Waals surface area (Å²) in [6.07, 6.45) is 1.25. The molecule has 3 unspecified atom stereocenters. The van der Waals surface area contributed by atoms with Crippen LogP contribution in [0, 0.1) is 11.3 Å². The van der Waals surface area contributed by atoms with Crippen LogP contribution in [0.25, 0.3) is 0 Å². The minimum absolute atomic E-state index is 0.0417.